The first-order chi connectivity index (χ1) is 10.0. The number of nitrogens with two attached hydrogens (primary N) is 1. The molecule has 1 heterocycles. The van der Waals surface area contributed by atoms with Gasteiger partial charge in [0.2, 0.25) is 0 Å². The minimum Gasteiger partial charge on any atom is -0.399 e. The van der Waals surface area contributed by atoms with E-state index < -0.39 is 0 Å². The number of amides is 1. The van der Waals surface area contributed by atoms with Crippen LogP contribution in [-0.2, 0) is 0 Å². The van der Waals surface area contributed by atoms with Gasteiger partial charge in [0.15, 0.2) is 0 Å². The van der Waals surface area contributed by atoms with E-state index in [1.54, 1.807) is 6.20 Å². The first-order valence-electron chi connectivity index (χ1n) is 7.72. The van der Waals surface area contributed by atoms with Gasteiger partial charge >= 0.3 is 0 Å². The molecule has 2 aromatic rings. The number of rotatable bonds is 6. The minimum atomic E-state index is 0.0814. The number of H-pyrrole nitrogens is 1. The van der Waals surface area contributed by atoms with E-state index in [0.717, 1.165) is 36.7 Å². The molecular formula is C17H25N3O. The van der Waals surface area contributed by atoms with Gasteiger partial charge in [-0.1, -0.05) is 19.8 Å². The number of nitrogens with zero attached hydrogens (tertiary/aromatic N) is 1. The molecule has 21 heavy (non-hydrogen) atoms. The zero-order valence-corrected chi connectivity index (χ0v) is 13.1. The molecule has 4 nitrogen and oxygen atoms in total. The van der Waals surface area contributed by atoms with Crippen LogP contribution in [0.4, 0.5) is 5.69 Å². The SMILES string of the molecule is CCCCCN(C(=O)c1c[nH]c2ccc(N)cc12)C(C)C. The van der Waals surface area contributed by atoms with Crippen LogP contribution in [0.5, 0.6) is 0 Å². The van der Waals surface area contributed by atoms with Crippen LogP contribution in [0.2, 0.25) is 0 Å². The maximum atomic E-state index is 12.8. The summed E-state index contributed by atoms with van der Waals surface area (Å²) < 4.78 is 0. The van der Waals surface area contributed by atoms with E-state index in [-0.39, 0.29) is 11.9 Å². The van der Waals surface area contributed by atoms with Gasteiger partial charge in [-0.2, -0.15) is 0 Å². The molecule has 2 rings (SSSR count). The fourth-order valence-electron chi connectivity index (χ4n) is 2.60. The maximum Gasteiger partial charge on any atom is 0.256 e. The highest BCUT2D eigenvalue weighted by Gasteiger charge is 2.21. The van der Waals surface area contributed by atoms with Crippen LogP contribution in [0, 0.1) is 0 Å². The molecule has 3 N–H and O–H groups in total. The summed E-state index contributed by atoms with van der Waals surface area (Å²) in [4.78, 5) is 17.9. The van der Waals surface area contributed by atoms with Crippen molar-refractivity contribution < 1.29 is 4.79 Å². The van der Waals surface area contributed by atoms with Crippen molar-refractivity contribution in [3.63, 3.8) is 0 Å². The first-order valence-corrected chi connectivity index (χ1v) is 7.72. The Balaban J connectivity index is 2.28. The Hall–Kier alpha value is -1.97. The normalized spacial score (nSPS) is 11.2. The fourth-order valence-corrected chi connectivity index (χ4v) is 2.60. The van der Waals surface area contributed by atoms with Crippen LogP contribution in [0.25, 0.3) is 10.9 Å². The molecule has 1 amide bonds. The van der Waals surface area contributed by atoms with Crippen molar-refractivity contribution in [3.8, 4) is 0 Å². The Morgan fingerprint density at radius 3 is 2.76 bits per heavy atom. The molecule has 1 aromatic carbocycles. The number of aromatic nitrogens is 1. The average molecular weight is 287 g/mol. The van der Waals surface area contributed by atoms with Crippen molar-refractivity contribution in [1.29, 1.82) is 0 Å². The monoisotopic (exact) mass is 287 g/mol. The third-order valence-electron chi connectivity index (χ3n) is 3.82. The zero-order chi connectivity index (χ0) is 15.4. The van der Waals surface area contributed by atoms with Gasteiger partial charge in [-0.3, -0.25) is 4.79 Å². The minimum absolute atomic E-state index is 0.0814. The highest BCUT2D eigenvalue weighted by molar-refractivity contribution is 6.07. The summed E-state index contributed by atoms with van der Waals surface area (Å²) >= 11 is 0. The standard InChI is InChI=1S/C17H25N3O/c1-4-5-6-9-20(12(2)3)17(21)15-11-19-16-8-7-13(18)10-14(15)16/h7-8,10-12,19H,4-6,9,18H2,1-3H3. The van der Waals surface area contributed by atoms with E-state index in [1.807, 2.05) is 23.1 Å². The van der Waals surface area contributed by atoms with E-state index in [4.69, 9.17) is 5.73 Å². The van der Waals surface area contributed by atoms with Crippen molar-refractivity contribution in [2.45, 2.75) is 46.1 Å². The van der Waals surface area contributed by atoms with Gasteiger partial charge in [-0.15, -0.1) is 0 Å². The molecule has 0 aliphatic heterocycles. The lowest BCUT2D eigenvalue weighted by Gasteiger charge is -2.26. The topological polar surface area (TPSA) is 62.1 Å². The Morgan fingerprint density at radius 2 is 2.10 bits per heavy atom. The number of nitrogen functional groups attached to an aromatic ring is 1. The van der Waals surface area contributed by atoms with Crippen molar-refractivity contribution in [2.75, 3.05) is 12.3 Å². The Morgan fingerprint density at radius 1 is 1.33 bits per heavy atom. The molecule has 4 heteroatoms. The largest absolute Gasteiger partial charge is 0.399 e. The Kier molecular flexibility index (Phi) is 4.89. The number of hydrogen-bond donors (Lipinski definition) is 2. The molecule has 0 aliphatic rings. The summed E-state index contributed by atoms with van der Waals surface area (Å²) in [5.41, 5.74) is 8.19. The number of unbranched alkanes of at least 4 members (excludes halogenated alkanes) is 2. The van der Waals surface area contributed by atoms with Crippen molar-refractivity contribution in [2.24, 2.45) is 0 Å². The van der Waals surface area contributed by atoms with Crippen LogP contribution in [0.1, 0.15) is 50.4 Å². The number of fused-ring (bicyclic) bond motifs is 1. The van der Waals surface area contributed by atoms with Gasteiger partial charge in [0.25, 0.3) is 5.91 Å². The van der Waals surface area contributed by atoms with E-state index in [2.05, 4.69) is 25.8 Å². The van der Waals surface area contributed by atoms with Crippen LogP contribution in [0.3, 0.4) is 0 Å². The molecule has 0 aliphatic carbocycles. The second-order valence-electron chi connectivity index (χ2n) is 5.81. The molecule has 0 atom stereocenters. The number of nitrogens with one attached hydrogen (secondary N) is 1. The summed E-state index contributed by atoms with van der Waals surface area (Å²) in [6, 6.07) is 5.82. The quantitative estimate of drug-likeness (QED) is 0.627. The second kappa shape index (κ2) is 6.66. The first kappa shape index (κ1) is 15.4. The fraction of sp³-hybridized carbons (Fsp3) is 0.471. The molecule has 0 saturated carbocycles. The number of carbonyl (C=O) groups is 1. The van der Waals surface area contributed by atoms with E-state index >= 15 is 0 Å². The zero-order valence-electron chi connectivity index (χ0n) is 13.1. The molecule has 114 valence electrons. The summed E-state index contributed by atoms with van der Waals surface area (Å²) in [5, 5.41) is 0.904. The molecule has 0 radical (unpaired) electrons. The average Bonchev–Trinajstić information content (AvgIpc) is 2.85. The number of hydrogen-bond acceptors (Lipinski definition) is 2. The van der Waals surface area contributed by atoms with Crippen molar-refractivity contribution in [3.05, 3.63) is 30.0 Å². The number of aromatic amines is 1. The highest BCUT2D eigenvalue weighted by Crippen LogP contribution is 2.23. The summed E-state index contributed by atoms with van der Waals surface area (Å²) in [7, 11) is 0. The molecule has 0 spiro atoms. The van der Waals surface area contributed by atoms with Gasteiger partial charge in [-0.05, 0) is 38.5 Å². The van der Waals surface area contributed by atoms with Crippen LogP contribution >= 0.6 is 0 Å². The van der Waals surface area contributed by atoms with Crippen LogP contribution in [0.15, 0.2) is 24.4 Å². The molecule has 0 fully saturated rings. The highest BCUT2D eigenvalue weighted by atomic mass is 16.2. The lowest BCUT2D eigenvalue weighted by molar-refractivity contribution is 0.0704. The van der Waals surface area contributed by atoms with Gasteiger partial charge in [0, 0.05) is 35.4 Å². The van der Waals surface area contributed by atoms with Crippen molar-refractivity contribution >= 4 is 22.5 Å². The molecule has 1 aromatic heterocycles. The Labute approximate surface area is 126 Å². The molecule has 0 bridgehead atoms. The smallest absolute Gasteiger partial charge is 0.256 e. The van der Waals surface area contributed by atoms with Crippen LogP contribution < -0.4 is 5.73 Å². The van der Waals surface area contributed by atoms with Gasteiger partial charge in [-0.25, -0.2) is 0 Å². The predicted molar refractivity (Wildman–Crippen MR) is 88.4 cm³/mol. The number of carbonyl (C=O) groups excluding carboxylic acids is 1. The third-order valence-corrected chi connectivity index (χ3v) is 3.82. The third kappa shape index (κ3) is 3.38. The Bertz CT molecular complexity index is 616. The van der Waals surface area contributed by atoms with Crippen molar-refractivity contribution in [1.82, 2.24) is 9.88 Å². The lowest BCUT2D eigenvalue weighted by atomic mass is 10.1. The number of benzene rings is 1. The van der Waals surface area contributed by atoms with E-state index in [1.165, 1.54) is 0 Å². The summed E-state index contributed by atoms with van der Waals surface area (Å²) in [6.45, 7) is 7.10. The predicted octanol–water partition coefficient (Wildman–Crippen LogP) is 3.79. The molecule has 0 saturated heterocycles. The summed E-state index contributed by atoms with van der Waals surface area (Å²) in [5.74, 6) is 0.0814. The van der Waals surface area contributed by atoms with Crippen LogP contribution in [-0.4, -0.2) is 28.4 Å². The summed E-state index contributed by atoms with van der Waals surface area (Å²) in [6.07, 6.45) is 5.15. The van der Waals surface area contributed by atoms with E-state index in [9.17, 15) is 4.79 Å². The maximum absolute atomic E-state index is 12.8. The number of anilines is 1. The van der Waals surface area contributed by atoms with E-state index in [0.29, 0.717) is 11.3 Å². The molecular weight excluding hydrogens is 262 g/mol. The lowest BCUT2D eigenvalue weighted by Crippen LogP contribution is -2.37. The molecule has 0 unspecified atom stereocenters. The van der Waals surface area contributed by atoms with Gasteiger partial charge in [0.1, 0.15) is 0 Å². The van der Waals surface area contributed by atoms with Gasteiger partial charge in [0.05, 0.1) is 5.56 Å². The second-order valence-corrected chi connectivity index (χ2v) is 5.81. The van der Waals surface area contributed by atoms with Gasteiger partial charge < -0.3 is 15.6 Å².